The number of nitrogens with one attached hydrogen (secondary N) is 1. The summed E-state index contributed by atoms with van der Waals surface area (Å²) in [5.41, 5.74) is 1.30. The van der Waals surface area contributed by atoms with Crippen molar-refractivity contribution >= 4 is 0 Å². The van der Waals surface area contributed by atoms with Crippen LogP contribution in [-0.4, -0.2) is 40.4 Å². The number of likely N-dealkylation sites (N-methyl/N-ethyl adjacent to an activating group) is 1. The van der Waals surface area contributed by atoms with Crippen molar-refractivity contribution in [1.29, 1.82) is 0 Å². The minimum absolute atomic E-state index is 0.440. The predicted octanol–water partition coefficient (Wildman–Crippen LogP) is 1.55. The number of aromatic nitrogens is 2. The second kappa shape index (κ2) is 5.65. The van der Waals surface area contributed by atoms with Gasteiger partial charge in [-0.15, -0.1) is 0 Å². The lowest BCUT2D eigenvalue weighted by molar-refractivity contribution is 0.195. The molecule has 1 aromatic heterocycles. The topological polar surface area (TPSA) is 33.1 Å². The van der Waals surface area contributed by atoms with Crippen molar-refractivity contribution in [1.82, 2.24) is 20.0 Å². The Labute approximate surface area is 104 Å². The summed E-state index contributed by atoms with van der Waals surface area (Å²) in [6.07, 6.45) is 4.52. The Balaban J connectivity index is 1.99. The molecule has 0 spiro atoms. The van der Waals surface area contributed by atoms with Crippen LogP contribution in [-0.2, 0) is 7.05 Å². The van der Waals surface area contributed by atoms with Crippen LogP contribution in [0.3, 0.4) is 0 Å². The van der Waals surface area contributed by atoms with Gasteiger partial charge in [-0.3, -0.25) is 9.58 Å². The zero-order chi connectivity index (χ0) is 12.3. The average Bonchev–Trinajstić information content (AvgIpc) is 2.96. The Bertz CT molecular complexity index is 341. The molecular formula is C13H24N4. The highest BCUT2D eigenvalue weighted by Crippen LogP contribution is 2.20. The Morgan fingerprint density at radius 3 is 3.00 bits per heavy atom. The maximum absolute atomic E-state index is 4.26. The molecule has 0 aromatic carbocycles. The van der Waals surface area contributed by atoms with E-state index in [-0.39, 0.29) is 0 Å². The minimum Gasteiger partial charge on any atom is -0.313 e. The highest BCUT2D eigenvalue weighted by molar-refractivity contribution is 5.06. The van der Waals surface area contributed by atoms with E-state index in [1.807, 2.05) is 17.9 Å². The van der Waals surface area contributed by atoms with Crippen LogP contribution >= 0.6 is 0 Å². The molecule has 2 rings (SSSR count). The smallest absolute Gasteiger partial charge is 0.0549 e. The summed E-state index contributed by atoms with van der Waals surface area (Å²) in [5.74, 6) is 0. The van der Waals surface area contributed by atoms with Gasteiger partial charge in [-0.1, -0.05) is 6.92 Å². The van der Waals surface area contributed by atoms with Gasteiger partial charge < -0.3 is 5.32 Å². The molecule has 96 valence electrons. The lowest BCUT2D eigenvalue weighted by atomic mass is 10.1. The van der Waals surface area contributed by atoms with E-state index in [2.05, 4.69) is 35.2 Å². The van der Waals surface area contributed by atoms with Crippen molar-refractivity contribution in [2.24, 2.45) is 7.05 Å². The highest BCUT2D eigenvalue weighted by Gasteiger charge is 2.22. The van der Waals surface area contributed by atoms with Gasteiger partial charge in [0.15, 0.2) is 0 Å². The lowest BCUT2D eigenvalue weighted by Crippen LogP contribution is -2.39. The van der Waals surface area contributed by atoms with Crippen LogP contribution in [0.2, 0.25) is 0 Å². The Kier molecular flexibility index (Phi) is 4.18. The van der Waals surface area contributed by atoms with E-state index in [1.54, 1.807) is 0 Å². The number of hydrogen-bond acceptors (Lipinski definition) is 3. The molecule has 4 heteroatoms. The quantitative estimate of drug-likeness (QED) is 0.842. The maximum atomic E-state index is 4.26. The summed E-state index contributed by atoms with van der Waals surface area (Å²) in [6, 6.07) is 3.23. The molecule has 0 saturated carbocycles. The molecule has 2 heterocycles. The first-order chi connectivity index (χ1) is 8.22. The van der Waals surface area contributed by atoms with Crippen molar-refractivity contribution in [3.63, 3.8) is 0 Å². The fraction of sp³-hybridized carbons (Fsp3) is 0.769. The van der Waals surface area contributed by atoms with Gasteiger partial charge in [0, 0.05) is 31.9 Å². The van der Waals surface area contributed by atoms with Crippen LogP contribution in [0.4, 0.5) is 0 Å². The van der Waals surface area contributed by atoms with Gasteiger partial charge in [0.25, 0.3) is 0 Å². The molecule has 1 aliphatic heterocycles. The standard InChI is InChI=1S/C13H24N4/c1-4-17(10-12-6-5-8-14-12)11(2)13-7-9-15-16(13)3/h7,9,11-12,14H,4-6,8,10H2,1-3H3. The van der Waals surface area contributed by atoms with Crippen molar-refractivity contribution in [2.45, 2.75) is 38.8 Å². The molecule has 1 fully saturated rings. The van der Waals surface area contributed by atoms with E-state index >= 15 is 0 Å². The first-order valence-corrected chi connectivity index (χ1v) is 6.67. The lowest BCUT2D eigenvalue weighted by Gasteiger charge is -2.30. The molecule has 0 amide bonds. The second-order valence-electron chi connectivity index (χ2n) is 4.94. The largest absolute Gasteiger partial charge is 0.313 e. The monoisotopic (exact) mass is 236 g/mol. The third kappa shape index (κ3) is 2.87. The summed E-state index contributed by atoms with van der Waals surface area (Å²) in [5, 5.41) is 7.83. The number of nitrogens with zero attached hydrogens (tertiary/aromatic N) is 3. The second-order valence-corrected chi connectivity index (χ2v) is 4.94. The molecule has 17 heavy (non-hydrogen) atoms. The van der Waals surface area contributed by atoms with Crippen molar-refractivity contribution in [3.05, 3.63) is 18.0 Å². The number of hydrogen-bond donors (Lipinski definition) is 1. The Hall–Kier alpha value is -0.870. The average molecular weight is 236 g/mol. The van der Waals surface area contributed by atoms with E-state index < -0.39 is 0 Å². The van der Waals surface area contributed by atoms with Crippen molar-refractivity contribution in [2.75, 3.05) is 19.6 Å². The van der Waals surface area contributed by atoms with E-state index in [0.29, 0.717) is 12.1 Å². The van der Waals surface area contributed by atoms with Gasteiger partial charge in [-0.25, -0.2) is 0 Å². The van der Waals surface area contributed by atoms with Gasteiger partial charge in [-0.05, 0) is 38.9 Å². The van der Waals surface area contributed by atoms with Crippen LogP contribution in [0.15, 0.2) is 12.3 Å². The molecule has 4 nitrogen and oxygen atoms in total. The summed E-state index contributed by atoms with van der Waals surface area (Å²) < 4.78 is 1.98. The first-order valence-electron chi connectivity index (χ1n) is 6.67. The fourth-order valence-corrected chi connectivity index (χ4v) is 2.74. The van der Waals surface area contributed by atoms with E-state index in [0.717, 1.165) is 13.1 Å². The normalized spacial score (nSPS) is 22.2. The molecule has 1 saturated heterocycles. The summed E-state index contributed by atoms with van der Waals surface area (Å²) in [7, 11) is 2.02. The van der Waals surface area contributed by atoms with Crippen LogP contribution in [0, 0.1) is 0 Å². The van der Waals surface area contributed by atoms with Crippen LogP contribution in [0.5, 0.6) is 0 Å². The Morgan fingerprint density at radius 2 is 2.47 bits per heavy atom. The molecule has 1 aromatic rings. The molecule has 2 unspecified atom stereocenters. The third-order valence-corrected chi connectivity index (χ3v) is 3.86. The van der Waals surface area contributed by atoms with Crippen LogP contribution in [0.25, 0.3) is 0 Å². The van der Waals surface area contributed by atoms with Crippen molar-refractivity contribution < 1.29 is 0 Å². The van der Waals surface area contributed by atoms with Gasteiger partial charge in [0.2, 0.25) is 0 Å². The zero-order valence-electron chi connectivity index (χ0n) is 11.2. The maximum Gasteiger partial charge on any atom is 0.0549 e. The Morgan fingerprint density at radius 1 is 1.65 bits per heavy atom. The van der Waals surface area contributed by atoms with E-state index in [4.69, 9.17) is 0 Å². The van der Waals surface area contributed by atoms with E-state index in [9.17, 15) is 0 Å². The summed E-state index contributed by atoms with van der Waals surface area (Å²) >= 11 is 0. The number of aryl methyl sites for hydroxylation is 1. The predicted molar refractivity (Wildman–Crippen MR) is 69.9 cm³/mol. The molecule has 0 aliphatic carbocycles. The minimum atomic E-state index is 0.440. The fourth-order valence-electron chi connectivity index (χ4n) is 2.74. The number of rotatable bonds is 5. The van der Waals surface area contributed by atoms with Gasteiger partial charge >= 0.3 is 0 Å². The molecule has 0 bridgehead atoms. The van der Waals surface area contributed by atoms with Crippen molar-refractivity contribution in [3.8, 4) is 0 Å². The molecule has 2 atom stereocenters. The SMILES string of the molecule is CCN(CC1CCCN1)C(C)c1ccnn1C. The molecule has 0 radical (unpaired) electrons. The van der Waals surface area contributed by atoms with Gasteiger partial charge in [-0.2, -0.15) is 5.10 Å². The van der Waals surface area contributed by atoms with Crippen LogP contribution < -0.4 is 5.32 Å². The zero-order valence-corrected chi connectivity index (χ0v) is 11.2. The molecule has 1 aliphatic rings. The summed E-state index contributed by atoms with van der Waals surface area (Å²) in [4.78, 5) is 2.53. The van der Waals surface area contributed by atoms with Gasteiger partial charge in [0.1, 0.15) is 0 Å². The summed E-state index contributed by atoms with van der Waals surface area (Å²) in [6.45, 7) is 7.92. The molecule has 1 N–H and O–H groups in total. The van der Waals surface area contributed by atoms with Crippen LogP contribution in [0.1, 0.15) is 38.4 Å². The highest BCUT2D eigenvalue weighted by atomic mass is 15.3. The molecular weight excluding hydrogens is 212 g/mol. The van der Waals surface area contributed by atoms with E-state index in [1.165, 1.54) is 25.1 Å². The van der Waals surface area contributed by atoms with Gasteiger partial charge in [0.05, 0.1) is 5.69 Å². The first kappa shape index (κ1) is 12.6. The third-order valence-electron chi connectivity index (χ3n) is 3.86.